The zero-order valence-corrected chi connectivity index (χ0v) is 13.9. The maximum Gasteiger partial charge on any atom is 0.270 e. The number of nitrogens with two attached hydrogens (primary N) is 1. The predicted molar refractivity (Wildman–Crippen MR) is 93.2 cm³/mol. The van der Waals surface area contributed by atoms with E-state index < -0.39 is 11.8 Å². The maximum absolute atomic E-state index is 12.6. The number of hydrogen-bond donors (Lipinski definition) is 3. The van der Waals surface area contributed by atoms with E-state index in [1.807, 2.05) is 0 Å². The molecule has 2 aromatic heterocycles. The van der Waals surface area contributed by atoms with Crippen LogP contribution in [0.2, 0.25) is 0 Å². The van der Waals surface area contributed by atoms with Crippen LogP contribution in [0, 0.1) is 0 Å². The van der Waals surface area contributed by atoms with Crippen LogP contribution in [0.25, 0.3) is 5.65 Å². The van der Waals surface area contributed by atoms with Gasteiger partial charge >= 0.3 is 0 Å². The third-order valence-electron chi connectivity index (χ3n) is 3.97. The molecule has 0 saturated carbocycles. The van der Waals surface area contributed by atoms with E-state index in [9.17, 15) is 14.4 Å². The van der Waals surface area contributed by atoms with Crippen molar-refractivity contribution in [1.82, 2.24) is 19.9 Å². The molecule has 3 heterocycles. The van der Waals surface area contributed by atoms with Crippen molar-refractivity contribution in [2.24, 2.45) is 5.73 Å². The summed E-state index contributed by atoms with van der Waals surface area (Å²) >= 11 is 0. The van der Waals surface area contributed by atoms with Crippen LogP contribution in [0.3, 0.4) is 0 Å². The van der Waals surface area contributed by atoms with Gasteiger partial charge in [-0.1, -0.05) is 6.07 Å². The SMILES string of the molecule is NC(=O)c1cc(C(=O)NCc2ccc3c(c2)NC(=O)CO3)n2nccc2n1. The van der Waals surface area contributed by atoms with Crippen molar-refractivity contribution in [2.75, 3.05) is 11.9 Å². The molecule has 4 rings (SSSR count). The first-order chi connectivity index (χ1) is 13.0. The molecule has 1 aliphatic rings. The third kappa shape index (κ3) is 3.15. The third-order valence-corrected chi connectivity index (χ3v) is 3.97. The van der Waals surface area contributed by atoms with E-state index >= 15 is 0 Å². The lowest BCUT2D eigenvalue weighted by molar-refractivity contribution is -0.118. The second-order valence-corrected chi connectivity index (χ2v) is 5.84. The molecule has 0 bridgehead atoms. The van der Waals surface area contributed by atoms with Crippen molar-refractivity contribution >= 4 is 29.1 Å². The number of ether oxygens (including phenoxy) is 1. The second kappa shape index (κ2) is 6.41. The molecule has 4 N–H and O–H groups in total. The fourth-order valence-electron chi connectivity index (χ4n) is 2.71. The first-order valence-corrected chi connectivity index (χ1v) is 7.99. The Kier molecular flexibility index (Phi) is 3.92. The number of fused-ring (bicyclic) bond motifs is 2. The topological polar surface area (TPSA) is 141 Å². The molecule has 0 aliphatic carbocycles. The average molecular weight is 366 g/mol. The minimum Gasteiger partial charge on any atom is -0.482 e. The van der Waals surface area contributed by atoms with Gasteiger partial charge in [0, 0.05) is 18.7 Å². The fourth-order valence-corrected chi connectivity index (χ4v) is 2.71. The molecule has 0 atom stereocenters. The number of carbonyl (C=O) groups excluding carboxylic acids is 3. The lowest BCUT2D eigenvalue weighted by Gasteiger charge is -2.18. The van der Waals surface area contributed by atoms with E-state index in [0.717, 1.165) is 5.56 Å². The van der Waals surface area contributed by atoms with Crippen LogP contribution in [0.1, 0.15) is 26.5 Å². The van der Waals surface area contributed by atoms with Crippen molar-refractivity contribution in [3.63, 3.8) is 0 Å². The van der Waals surface area contributed by atoms with Gasteiger partial charge < -0.3 is 21.1 Å². The molecule has 136 valence electrons. The van der Waals surface area contributed by atoms with E-state index in [1.54, 1.807) is 24.3 Å². The van der Waals surface area contributed by atoms with Gasteiger partial charge in [0.2, 0.25) is 0 Å². The zero-order chi connectivity index (χ0) is 19.0. The molecular weight excluding hydrogens is 352 g/mol. The number of hydrogen-bond acceptors (Lipinski definition) is 6. The van der Waals surface area contributed by atoms with Crippen molar-refractivity contribution in [3.8, 4) is 5.75 Å². The zero-order valence-electron chi connectivity index (χ0n) is 13.9. The summed E-state index contributed by atoms with van der Waals surface area (Å²) < 4.78 is 6.62. The molecule has 1 aromatic carbocycles. The Morgan fingerprint density at radius 1 is 1.30 bits per heavy atom. The summed E-state index contributed by atoms with van der Waals surface area (Å²) in [4.78, 5) is 39.5. The smallest absolute Gasteiger partial charge is 0.270 e. The van der Waals surface area contributed by atoms with Gasteiger partial charge in [-0.05, 0) is 17.7 Å². The van der Waals surface area contributed by atoms with Crippen molar-refractivity contribution in [2.45, 2.75) is 6.54 Å². The number of nitrogens with zero attached hydrogens (tertiary/aromatic N) is 3. The molecule has 10 heteroatoms. The van der Waals surface area contributed by atoms with Gasteiger partial charge in [-0.3, -0.25) is 14.4 Å². The number of amides is 3. The van der Waals surface area contributed by atoms with Gasteiger partial charge in [-0.25, -0.2) is 9.50 Å². The van der Waals surface area contributed by atoms with E-state index in [1.165, 1.54) is 16.8 Å². The molecule has 3 aromatic rings. The van der Waals surface area contributed by atoms with Gasteiger partial charge in [0.25, 0.3) is 17.7 Å². The highest BCUT2D eigenvalue weighted by Gasteiger charge is 2.18. The second-order valence-electron chi connectivity index (χ2n) is 5.84. The Hall–Kier alpha value is -3.95. The normalized spacial score (nSPS) is 12.8. The number of aromatic nitrogens is 3. The summed E-state index contributed by atoms with van der Waals surface area (Å²) in [7, 11) is 0. The molecule has 1 aliphatic heterocycles. The summed E-state index contributed by atoms with van der Waals surface area (Å²) in [6.07, 6.45) is 1.47. The molecule has 0 unspecified atom stereocenters. The van der Waals surface area contributed by atoms with Gasteiger partial charge in [0.05, 0.1) is 11.9 Å². The fraction of sp³-hybridized carbons (Fsp3) is 0.118. The summed E-state index contributed by atoms with van der Waals surface area (Å²) in [5.74, 6) is -0.853. The Bertz CT molecular complexity index is 1090. The van der Waals surface area contributed by atoms with Crippen LogP contribution < -0.4 is 21.1 Å². The minimum absolute atomic E-state index is 0.0206. The Labute approximate surface area is 152 Å². The molecule has 0 radical (unpaired) electrons. The highest BCUT2D eigenvalue weighted by Crippen LogP contribution is 2.28. The van der Waals surface area contributed by atoms with E-state index in [4.69, 9.17) is 10.5 Å². The first kappa shape index (κ1) is 16.5. The maximum atomic E-state index is 12.6. The van der Waals surface area contributed by atoms with Crippen LogP contribution in [-0.2, 0) is 11.3 Å². The molecule has 27 heavy (non-hydrogen) atoms. The minimum atomic E-state index is -0.738. The molecule has 3 amide bonds. The molecular formula is C17H14N6O4. The first-order valence-electron chi connectivity index (χ1n) is 7.99. The van der Waals surface area contributed by atoms with Gasteiger partial charge in [-0.2, -0.15) is 5.10 Å². The van der Waals surface area contributed by atoms with Gasteiger partial charge in [0.15, 0.2) is 12.3 Å². The van der Waals surface area contributed by atoms with Gasteiger partial charge in [-0.15, -0.1) is 0 Å². The lowest BCUT2D eigenvalue weighted by atomic mass is 10.1. The number of anilines is 1. The number of rotatable bonds is 4. The Balaban J connectivity index is 1.56. The van der Waals surface area contributed by atoms with Gasteiger partial charge in [0.1, 0.15) is 17.1 Å². The Morgan fingerprint density at radius 3 is 2.96 bits per heavy atom. The Morgan fingerprint density at radius 2 is 2.15 bits per heavy atom. The van der Waals surface area contributed by atoms with Crippen LogP contribution in [-0.4, -0.2) is 38.9 Å². The molecule has 0 spiro atoms. The highest BCUT2D eigenvalue weighted by atomic mass is 16.5. The number of nitrogens with one attached hydrogen (secondary N) is 2. The monoisotopic (exact) mass is 366 g/mol. The van der Waals surface area contributed by atoms with Crippen LogP contribution in [0.15, 0.2) is 36.5 Å². The van der Waals surface area contributed by atoms with E-state index in [0.29, 0.717) is 17.1 Å². The van der Waals surface area contributed by atoms with Crippen LogP contribution in [0.4, 0.5) is 5.69 Å². The predicted octanol–water partition coefficient (Wildman–Crippen LogP) is 0.0891. The van der Waals surface area contributed by atoms with Crippen molar-refractivity contribution in [1.29, 1.82) is 0 Å². The quantitative estimate of drug-likeness (QED) is 0.598. The van der Waals surface area contributed by atoms with E-state index in [2.05, 4.69) is 20.7 Å². The number of carbonyl (C=O) groups is 3. The van der Waals surface area contributed by atoms with Crippen LogP contribution in [0.5, 0.6) is 5.75 Å². The molecule has 0 fully saturated rings. The summed E-state index contributed by atoms with van der Waals surface area (Å²) in [6, 6.07) is 8.08. The lowest BCUT2D eigenvalue weighted by Crippen LogP contribution is -2.27. The average Bonchev–Trinajstić information content (AvgIpc) is 3.13. The summed E-state index contributed by atoms with van der Waals surface area (Å²) in [6.45, 7) is 0.173. The molecule has 0 saturated heterocycles. The molecule has 10 nitrogen and oxygen atoms in total. The largest absolute Gasteiger partial charge is 0.482 e. The number of primary amides is 1. The van der Waals surface area contributed by atoms with E-state index in [-0.39, 0.29) is 30.4 Å². The number of benzene rings is 1. The standard InChI is InChI=1S/C17H14N6O4/c18-16(25)11-6-12(23-14(21-11)3-4-20-23)17(26)19-7-9-1-2-13-10(5-9)22-15(24)8-27-13/h1-6H,7-8H2,(H2,18,25)(H,19,26)(H,22,24). The summed E-state index contributed by atoms with van der Waals surface area (Å²) in [5, 5.41) is 9.50. The van der Waals surface area contributed by atoms with Crippen molar-refractivity contribution < 1.29 is 19.1 Å². The highest BCUT2D eigenvalue weighted by molar-refractivity contribution is 5.98. The van der Waals surface area contributed by atoms with Crippen molar-refractivity contribution in [3.05, 3.63) is 53.5 Å². The van der Waals surface area contributed by atoms with Crippen LogP contribution >= 0.6 is 0 Å². The summed E-state index contributed by atoms with van der Waals surface area (Å²) in [5.41, 5.74) is 7.03.